The number of amides is 2. The van der Waals surface area contributed by atoms with Crippen LogP contribution in [0.25, 0.3) is 0 Å². The topological polar surface area (TPSA) is 40.6 Å². The molecule has 2 aliphatic rings. The lowest BCUT2D eigenvalue weighted by molar-refractivity contribution is -0.133. The van der Waals surface area contributed by atoms with Gasteiger partial charge in [-0.1, -0.05) is 6.07 Å². The van der Waals surface area contributed by atoms with Gasteiger partial charge in [0.25, 0.3) is 0 Å². The Morgan fingerprint density at radius 2 is 2.00 bits per heavy atom. The fourth-order valence-corrected chi connectivity index (χ4v) is 3.21. The average Bonchev–Trinajstić information content (AvgIpc) is 3.02. The summed E-state index contributed by atoms with van der Waals surface area (Å²) in [5.41, 5.74) is 3.71. The zero-order valence-corrected chi connectivity index (χ0v) is 12.1. The van der Waals surface area contributed by atoms with Crippen molar-refractivity contribution in [3.05, 3.63) is 29.3 Å². The number of carbonyl (C=O) groups is 2. The van der Waals surface area contributed by atoms with Crippen molar-refractivity contribution in [2.45, 2.75) is 25.7 Å². The maximum absolute atomic E-state index is 12.2. The first kappa shape index (κ1) is 13.2. The summed E-state index contributed by atoms with van der Waals surface area (Å²) in [6.45, 7) is 0.509. The zero-order valence-electron chi connectivity index (χ0n) is 12.1. The lowest BCUT2D eigenvalue weighted by Gasteiger charge is -2.19. The largest absolute Gasteiger partial charge is 0.349 e. The highest BCUT2D eigenvalue weighted by atomic mass is 16.2. The molecule has 1 aromatic rings. The van der Waals surface area contributed by atoms with Crippen LogP contribution >= 0.6 is 0 Å². The van der Waals surface area contributed by atoms with Crippen molar-refractivity contribution in [3.8, 4) is 0 Å². The van der Waals surface area contributed by atoms with Gasteiger partial charge in [-0.3, -0.25) is 9.59 Å². The second kappa shape index (κ2) is 4.93. The maximum Gasteiger partial charge on any atom is 0.227 e. The first-order chi connectivity index (χ1) is 9.56. The molecule has 0 spiro atoms. The summed E-state index contributed by atoms with van der Waals surface area (Å²) >= 11 is 0. The van der Waals surface area contributed by atoms with Gasteiger partial charge in [-0.25, -0.2) is 0 Å². The Morgan fingerprint density at radius 1 is 1.25 bits per heavy atom. The van der Waals surface area contributed by atoms with E-state index < -0.39 is 0 Å². The molecule has 20 heavy (non-hydrogen) atoms. The van der Waals surface area contributed by atoms with E-state index in [0.29, 0.717) is 13.0 Å². The molecule has 3 rings (SSSR count). The predicted octanol–water partition coefficient (Wildman–Crippen LogP) is 1.62. The number of nitrogens with zero attached hydrogens (tertiary/aromatic N) is 2. The van der Waals surface area contributed by atoms with Crippen molar-refractivity contribution in [2.24, 2.45) is 5.92 Å². The molecule has 0 unspecified atom stereocenters. The Hall–Kier alpha value is -1.84. The molecule has 1 saturated heterocycles. The lowest BCUT2D eigenvalue weighted by Crippen LogP contribution is -2.32. The number of hydrogen-bond donors (Lipinski definition) is 0. The highest BCUT2D eigenvalue weighted by Gasteiger charge is 2.36. The van der Waals surface area contributed by atoms with Crippen LogP contribution in [0.4, 0.5) is 5.69 Å². The molecule has 0 N–H and O–H groups in total. The molecule has 4 heteroatoms. The van der Waals surface area contributed by atoms with Crippen LogP contribution < -0.4 is 4.90 Å². The molecule has 0 radical (unpaired) electrons. The maximum atomic E-state index is 12.2. The van der Waals surface area contributed by atoms with E-state index in [9.17, 15) is 9.59 Å². The number of aryl methyl sites for hydroxylation is 2. The van der Waals surface area contributed by atoms with E-state index in [4.69, 9.17) is 0 Å². The van der Waals surface area contributed by atoms with Gasteiger partial charge in [0.15, 0.2) is 0 Å². The van der Waals surface area contributed by atoms with Crippen molar-refractivity contribution in [1.29, 1.82) is 0 Å². The van der Waals surface area contributed by atoms with Crippen molar-refractivity contribution in [2.75, 3.05) is 25.5 Å². The molecular weight excluding hydrogens is 252 g/mol. The van der Waals surface area contributed by atoms with Crippen molar-refractivity contribution >= 4 is 17.5 Å². The second-order valence-corrected chi connectivity index (χ2v) is 5.94. The first-order valence-electron chi connectivity index (χ1n) is 7.19. The van der Waals surface area contributed by atoms with Gasteiger partial charge in [0.1, 0.15) is 0 Å². The lowest BCUT2D eigenvalue weighted by atomic mass is 10.1. The van der Waals surface area contributed by atoms with E-state index in [1.54, 1.807) is 23.9 Å². The Labute approximate surface area is 119 Å². The quantitative estimate of drug-likeness (QED) is 0.821. The number of fused-ring (bicyclic) bond motifs is 1. The molecule has 2 amide bonds. The third kappa shape index (κ3) is 2.19. The van der Waals surface area contributed by atoms with E-state index in [2.05, 4.69) is 12.1 Å². The van der Waals surface area contributed by atoms with Crippen LogP contribution in [-0.4, -0.2) is 37.4 Å². The normalized spacial score (nSPS) is 21.2. The second-order valence-electron chi connectivity index (χ2n) is 5.94. The van der Waals surface area contributed by atoms with E-state index in [1.807, 2.05) is 6.07 Å². The number of rotatable bonds is 2. The van der Waals surface area contributed by atoms with Gasteiger partial charge < -0.3 is 9.80 Å². The van der Waals surface area contributed by atoms with Crippen molar-refractivity contribution in [3.63, 3.8) is 0 Å². The third-order valence-electron chi connectivity index (χ3n) is 4.31. The Balaban J connectivity index is 1.81. The monoisotopic (exact) mass is 272 g/mol. The van der Waals surface area contributed by atoms with Gasteiger partial charge in [-0.05, 0) is 42.5 Å². The van der Waals surface area contributed by atoms with Gasteiger partial charge in [-0.2, -0.15) is 0 Å². The molecule has 1 heterocycles. The Bertz CT molecular complexity index is 566. The minimum Gasteiger partial charge on any atom is -0.349 e. The Kier molecular flexibility index (Phi) is 3.24. The van der Waals surface area contributed by atoms with Crippen molar-refractivity contribution in [1.82, 2.24) is 4.90 Å². The molecule has 0 aromatic heterocycles. The summed E-state index contributed by atoms with van der Waals surface area (Å²) in [5.74, 6) is -0.101. The number of hydrogen-bond acceptors (Lipinski definition) is 2. The zero-order chi connectivity index (χ0) is 14.3. The average molecular weight is 272 g/mol. The van der Waals surface area contributed by atoms with E-state index in [1.165, 1.54) is 17.5 Å². The highest BCUT2D eigenvalue weighted by molar-refractivity contribution is 6.00. The van der Waals surface area contributed by atoms with Crippen LogP contribution in [0.5, 0.6) is 0 Å². The highest BCUT2D eigenvalue weighted by Crippen LogP contribution is 2.30. The van der Waals surface area contributed by atoms with E-state index in [0.717, 1.165) is 18.5 Å². The summed E-state index contributed by atoms with van der Waals surface area (Å²) in [6, 6.07) is 6.28. The van der Waals surface area contributed by atoms with Gasteiger partial charge in [0.2, 0.25) is 11.8 Å². The minimum atomic E-state index is -0.203. The predicted molar refractivity (Wildman–Crippen MR) is 77.6 cm³/mol. The van der Waals surface area contributed by atoms with Gasteiger partial charge in [0, 0.05) is 32.7 Å². The van der Waals surface area contributed by atoms with Crippen LogP contribution in [0.2, 0.25) is 0 Å². The van der Waals surface area contributed by atoms with Crippen LogP contribution in [0.15, 0.2) is 18.2 Å². The molecule has 1 atom stereocenters. The standard InChI is InChI=1S/C16H20N2O2/c1-17(2)16(20)13-9-15(19)18(10-13)14-7-6-11-4-3-5-12(11)8-14/h6-8,13H,3-5,9-10H2,1-2H3/t13-/m1/s1. The van der Waals surface area contributed by atoms with E-state index >= 15 is 0 Å². The SMILES string of the molecule is CN(C)C(=O)[C@@H]1CC(=O)N(c2ccc3c(c2)CCC3)C1. The van der Waals surface area contributed by atoms with Gasteiger partial charge in [0.05, 0.1) is 5.92 Å². The fourth-order valence-electron chi connectivity index (χ4n) is 3.21. The molecule has 4 nitrogen and oxygen atoms in total. The van der Waals surface area contributed by atoms with Gasteiger partial charge in [-0.15, -0.1) is 0 Å². The number of benzene rings is 1. The summed E-state index contributed by atoms with van der Waals surface area (Å²) in [4.78, 5) is 27.5. The van der Waals surface area contributed by atoms with Crippen LogP contribution in [0, 0.1) is 5.92 Å². The van der Waals surface area contributed by atoms with Crippen LogP contribution in [0.3, 0.4) is 0 Å². The smallest absolute Gasteiger partial charge is 0.227 e. The van der Waals surface area contributed by atoms with E-state index in [-0.39, 0.29) is 17.7 Å². The molecule has 106 valence electrons. The molecule has 1 aromatic carbocycles. The third-order valence-corrected chi connectivity index (χ3v) is 4.31. The first-order valence-corrected chi connectivity index (χ1v) is 7.19. The molecule has 1 aliphatic heterocycles. The minimum absolute atomic E-state index is 0.0435. The molecule has 1 fully saturated rings. The number of anilines is 1. The van der Waals surface area contributed by atoms with Crippen LogP contribution in [0.1, 0.15) is 24.0 Å². The molecular formula is C16H20N2O2. The summed E-state index contributed by atoms with van der Waals surface area (Å²) in [5, 5.41) is 0. The Morgan fingerprint density at radius 3 is 2.75 bits per heavy atom. The van der Waals surface area contributed by atoms with Crippen molar-refractivity contribution < 1.29 is 9.59 Å². The van der Waals surface area contributed by atoms with Gasteiger partial charge >= 0.3 is 0 Å². The summed E-state index contributed by atoms with van der Waals surface area (Å²) in [6.07, 6.45) is 3.78. The summed E-state index contributed by atoms with van der Waals surface area (Å²) in [7, 11) is 3.48. The van der Waals surface area contributed by atoms with Crippen LogP contribution in [-0.2, 0) is 22.4 Å². The molecule has 1 aliphatic carbocycles. The molecule has 0 bridgehead atoms. The fraction of sp³-hybridized carbons (Fsp3) is 0.500. The molecule has 0 saturated carbocycles. The summed E-state index contributed by atoms with van der Waals surface area (Å²) < 4.78 is 0. The number of carbonyl (C=O) groups excluding carboxylic acids is 2.